The van der Waals surface area contributed by atoms with Crippen molar-refractivity contribution in [1.82, 2.24) is 4.90 Å². The second-order valence-corrected chi connectivity index (χ2v) is 29.5. The lowest BCUT2D eigenvalue weighted by atomic mass is 9.90. The predicted octanol–water partition coefficient (Wildman–Crippen LogP) is 11.9. The second-order valence-electron chi connectivity index (χ2n) is 24.3. The molecule has 4 heterocycles. The SMILES string of the molecule is COc1ccc(O[C@@H]2O[C@H](COCc3ccccc3)[C@@H](O[C@H](O[C@H]3[C@@H](O[Si](c4ccccc4)(c4ccccc4)C(C)(C)C)[C@@H]4OC5(CCCCC5)OC[C@H]4O[C@@H]3SC)c3ccc(OC)cc3)[C@H](OCc3ccccc3)[C@H]2N2C(=O)c3ccccc3C2=O)cc1. The summed E-state index contributed by atoms with van der Waals surface area (Å²) in [6.45, 7) is 7.30. The van der Waals surface area contributed by atoms with E-state index in [0.717, 1.165) is 53.6 Å². The van der Waals surface area contributed by atoms with Crippen LogP contribution in [0.5, 0.6) is 17.2 Å². The van der Waals surface area contributed by atoms with Crippen LogP contribution in [0.3, 0.4) is 0 Å². The standard InChI is InChI=1S/C72H79NO14SSi/c1-71(2,3)89(54-28-16-9-17-29-54,55-30-18-10-19-31-55)87-64-62-59(47-80-72(86-62)42-22-11-23-43-72)83-70(88-6)65(64)85-68(50-34-36-51(76-4)37-35-50)84-61-58(46-78-44-48-24-12-7-13-25-48)82-69(81-53-40-38-52(77-5)39-41-53)60(63(61)79-45-49-26-14-8-15-27-49)73-66(74)56-32-20-21-33-57(56)67(73)75/h7-10,12-21,24-41,58-65,68-70H,11,22-23,42-47H2,1-6H3/t58-,59-,60-,61-,62-,63-,64+,65+,68-,69-,70-/m1/s1. The number of ether oxygens (including phenoxy) is 11. The van der Waals surface area contributed by atoms with Crippen molar-refractivity contribution in [2.24, 2.45) is 0 Å². The molecule has 5 aliphatic rings. The van der Waals surface area contributed by atoms with Crippen LogP contribution in [0.4, 0.5) is 0 Å². The van der Waals surface area contributed by atoms with Crippen LogP contribution in [-0.2, 0) is 55.5 Å². The van der Waals surface area contributed by atoms with Gasteiger partial charge in [-0.2, -0.15) is 0 Å². The quantitative estimate of drug-likeness (QED) is 0.0360. The van der Waals surface area contributed by atoms with Gasteiger partial charge < -0.3 is 56.5 Å². The normalized spacial score (nSPS) is 25.4. The molecule has 12 rings (SSSR count). The molecule has 4 aliphatic heterocycles. The first kappa shape index (κ1) is 62.5. The highest BCUT2D eigenvalue weighted by molar-refractivity contribution is 7.99. The summed E-state index contributed by atoms with van der Waals surface area (Å²) in [5.41, 5.74) is 2.18. The van der Waals surface area contributed by atoms with Crippen molar-refractivity contribution in [1.29, 1.82) is 0 Å². The highest BCUT2D eigenvalue weighted by Gasteiger charge is 2.62. The van der Waals surface area contributed by atoms with Gasteiger partial charge in [0.05, 0.1) is 51.8 Å². The van der Waals surface area contributed by atoms with Crippen LogP contribution < -0.4 is 24.6 Å². The summed E-state index contributed by atoms with van der Waals surface area (Å²) in [7, 11) is -0.222. The third-order valence-corrected chi connectivity index (χ3v) is 23.6. The number of nitrogens with zero attached hydrogens (tertiary/aromatic N) is 1. The van der Waals surface area contributed by atoms with Crippen molar-refractivity contribution < 1.29 is 66.1 Å². The number of imide groups is 1. The number of carbonyl (C=O) groups is 2. The number of carbonyl (C=O) groups excluding carboxylic acids is 2. The summed E-state index contributed by atoms with van der Waals surface area (Å²) in [6.07, 6.45) is -2.43. The monoisotopic (exact) mass is 1240 g/mol. The minimum atomic E-state index is -3.43. The summed E-state index contributed by atoms with van der Waals surface area (Å²) >= 11 is 1.51. The van der Waals surface area contributed by atoms with Crippen molar-refractivity contribution in [3.8, 4) is 17.2 Å². The lowest BCUT2D eigenvalue weighted by Gasteiger charge is -2.56. The van der Waals surface area contributed by atoms with Gasteiger partial charge in [-0.05, 0) is 94.2 Å². The topological polar surface area (TPSA) is 148 Å². The zero-order chi connectivity index (χ0) is 61.5. The lowest BCUT2D eigenvalue weighted by Crippen LogP contribution is -2.73. The number of hydrogen-bond acceptors (Lipinski definition) is 15. The molecule has 1 aliphatic carbocycles. The van der Waals surface area contributed by atoms with E-state index in [9.17, 15) is 0 Å². The molecular weight excluding hydrogens is 1160 g/mol. The molecule has 11 atom stereocenters. The minimum absolute atomic E-state index is 0.0373. The molecule has 7 aromatic carbocycles. The Balaban J connectivity index is 1.02. The molecule has 7 aromatic rings. The van der Waals surface area contributed by atoms with Gasteiger partial charge in [0.1, 0.15) is 71.5 Å². The van der Waals surface area contributed by atoms with Crippen molar-refractivity contribution in [3.05, 3.63) is 222 Å². The Morgan fingerprint density at radius 1 is 0.607 bits per heavy atom. The Bertz CT molecular complexity index is 3360. The van der Waals surface area contributed by atoms with E-state index in [2.05, 4.69) is 69.3 Å². The molecule has 17 heteroatoms. The Morgan fingerprint density at radius 3 is 1.70 bits per heavy atom. The molecule has 1 saturated carbocycles. The number of rotatable bonds is 22. The highest BCUT2D eigenvalue weighted by Crippen LogP contribution is 2.48. The molecule has 1 spiro atoms. The maximum Gasteiger partial charge on any atom is 0.262 e. The van der Waals surface area contributed by atoms with Crippen LogP contribution in [0.25, 0.3) is 0 Å². The Kier molecular flexibility index (Phi) is 19.5. The highest BCUT2D eigenvalue weighted by atomic mass is 32.2. The van der Waals surface area contributed by atoms with Crippen molar-refractivity contribution in [2.75, 3.05) is 33.7 Å². The fourth-order valence-corrected chi connectivity index (χ4v) is 18.7. The summed E-state index contributed by atoms with van der Waals surface area (Å²) in [5.74, 6) is -0.324. The van der Waals surface area contributed by atoms with Gasteiger partial charge in [-0.15, -0.1) is 11.8 Å². The molecule has 0 bridgehead atoms. The molecule has 4 fully saturated rings. The van der Waals surface area contributed by atoms with Gasteiger partial charge >= 0.3 is 0 Å². The first-order valence-electron chi connectivity index (χ1n) is 30.8. The molecule has 466 valence electrons. The van der Waals surface area contributed by atoms with E-state index in [1.165, 1.54) is 16.7 Å². The third kappa shape index (κ3) is 13.3. The molecule has 89 heavy (non-hydrogen) atoms. The zero-order valence-electron chi connectivity index (χ0n) is 51.3. The number of amides is 2. The Labute approximate surface area is 527 Å². The Morgan fingerprint density at radius 2 is 1.13 bits per heavy atom. The molecular formula is C72H79NO14SSi. The maximum atomic E-state index is 15.2. The van der Waals surface area contributed by atoms with E-state index in [4.69, 9.17) is 56.5 Å². The van der Waals surface area contributed by atoms with E-state index in [1.54, 1.807) is 62.8 Å². The van der Waals surface area contributed by atoms with Crippen LogP contribution in [0.1, 0.15) is 96.6 Å². The van der Waals surface area contributed by atoms with Gasteiger partial charge in [-0.1, -0.05) is 173 Å². The smallest absolute Gasteiger partial charge is 0.262 e. The number of benzene rings is 7. The summed E-state index contributed by atoms with van der Waals surface area (Å²) in [6, 6.07) is 60.9. The van der Waals surface area contributed by atoms with Crippen LogP contribution >= 0.6 is 11.8 Å². The van der Waals surface area contributed by atoms with E-state index >= 15 is 9.59 Å². The fourth-order valence-electron chi connectivity index (χ4n) is 13.3. The van der Waals surface area contributed by atoms with Gasteiger partial charge in [0.25, 0.3) is 20.1 Å². The van der Waals surface area contributed by atoms with Gasteiger partial charge in [-0.25, -0.2) is 0 Å². The van der Waals surface area contributed by atoms with E-state index < -0.39 is 97.7 Å². The zero-order valence-corrected chi connectivity index (χ0v) is 53.1. The number of fused-ring (bicyclic) bond motifs is 2. The Hall–Kier alpha value is -6.71. The molecule has 0 radical (unpaired) electrons. The summed E-state index contributed by atoms with van der Waals surface area (Å²) in [4.78, 5) is 31.6. The average molecular weight is 1240 g/mol. The number of methoxy groups -OCH3 is 2. The van der Waals surface area contributed by atoms with Crippen molar-refractivity contribution in [3.63, 3.8) is 0 Å². The molecule has 0 unspecified atom stereocenters. The molecule has 2 amide bonds. The van der Waals surface area contributed by atoms with Gasteiger partial charge in [-0.3, -0.25) is 14.5 Å². The van der Waals surface area contributed by atoms with Crippen molar-refractivity contribution in [2.45, 2.75) is 144 Å². The van der Waals surface area contributed by atoms with E-state index in [0.29, 0.717) is 29.4 Å². The first-order chi connectivity index (χ1) is 43.4. The van der Waals surface area contributed by atoms with Crippen LogP contribution in [0.15, 0.2) is 194 Å². The third-order valence-electron chi connectivity index (χ3n) is 17.7. The number of hydrogen-bond donors (Lipinski definition) is 0. The maximum absolute atomic E-state index is 15.2. The number of thioether (sulfide) groups is 1. The fraction of sp³-hybridized carbons (Fsp3) is 0.389. The van der Waals surface area contributed by atoms with Gasteiger partial charge in [0.2, 0.25) is 6.29 Å². The van der Waals surface area contributed by atoms with Gasteiger partial charge in [0, 0.05) is 18.4 Å². The average Bonchev–Trinajstić information content (AvgIpc) is 1.72. The molecule has 15 nitrogen and oxygen atoms in total. The summed E-state index contributed by atoms with van der Waals surface area (Å²) in [5, 5.41) is 1.72. The predicted molar refractivity (Wildman–Crippen MR) is 341 cm³/mol. The molecule has 3 saturated heterocycles. The van der Waals surface area contributed by atoms with Crippen molar-refractivity contribution >= 4 is 42.3 Å². The molecule has 0 aromatic heterocycles. The van der Waals surface area contributed by atoms with E-state index in [1.807, 2.05) is 103 Å². The van der Waals surface area contributed by atoms with Gasteiger partial charge in [0.15, 0.2) is 12.1 Å². The second kappa shape index (κ2) is 27.8. The van der Waals surface area contributed by atoms with Crippen LogP contribution in [0, 0.1) is 0 Å². The minimum Gasteiger partial charge on any atom is -0.497 e. The molecule has 0 N–H and O–H groups in total. The van der Waals surface area contributed by atoms with Crippen LogP contribution in [-0.4, -0.2) is 125 Å². The first-order valence-corrected chi connectivity index (χ1v) is 34.0. The summed E-state index contributed by atoms with van der Waals surface area (Å²) < 4.78 is 85.0. The lowest BCUT2D eigenvalue weighted by molar-refractivity contribution is -0.379. The van der Waals surface area contributed by atoms with E-state index in [-0.39, 0.29) is 30.9 Å². The van der Waals surface area contributed by atoms with Crippen LogP contribution in [0.2, 0.25) is 5.04 Å². The largest absolute Gasteiger partial charge is 0.497 e.